The van der Waals surface area contributed by atoms with E-state index in [4.69, 9.17) is 18.9 Å². The fourth-order valence-electron chi connectivity index (χ4n) is 13.3. The lowest BCUT2D eigenvalue weighted by atomic mass is 9.33. The third kappa shape index (κ3) is 6.25. The quantitative estimate of drug-likeness (QED) is 0.0991. The van der Waals surface area contributed by atoms with Crippen LogP contribution >= 0.6 is 0 Å². The van der Waals surface area contributed by atoms with Crippen LogP contribution in [0.4, 0.5) is 0 Å². The van der Waals surface area contributed by atoms with Crippen molar-refractivity contribution < 1.29 is 79.0 Å². The Hall–Kier alpha value is -2.54. The number of hydrogen-bond donors (Lipinski definition) is 8. The number of aliphatic hydroxyl groups is 5. The fourth-order valence-corrected chi connectivity index (χ4v) is 13.3. The van der Waals surface area contributed by atoms with E-state index in [0.29, 0.717) is 38.5 Å². The summed E-state index contributed by atoms with van der Waals surface area (Å²) >= 11 is 0. The molecule has 5 aliphatic carbocycles. The minimum Gasteiger partial charge on any atom is -0.481 e. The Bertz CT molecular complexity index is 1700. The lowest BCUT2D eigenvalue weighted by Gasteiger charge is -2.70. The van der Waals surface area contributed by atoms with E-state index in [0.717, 1.165) is 32.0 Å². The molecule has 7 rings (SSSR count). The first kappa shape index (κ1) is 43.5. The highest BCUT2D eigenvalue weighted by Crippen LogP contribution is 2.75. The van der Waals surface area contributed by atoms with Crippen LogP contribution in [0.25, 0.3) is 0 Å². The summed E-state index contributed by atoms with van der Waals surface area (Å²) in [6.45, 7) is 12.8. The molecule has 0 aromatic carbocycles. The number of carbonyl (C=O) groups excluding carboxylic acids is 1. The number of carboxylic acid groups (broad SMARTS) is 3. The van der Waals surface area contributed by atoms with Crippen molar-refractivity contribution in [1.82, 2.24) is 0 Å². The number of hydrogen-bond acceptors (Lipinski definition) is 13. The van der Waals surface area contributed by atoms with Crippen molar-refractivity contribution in [1.29, 1.82) is 0 Å². The van der Waals surface area contributed by atoms with E-state index < -0.39 is 102 Å². The SMILES string of the molecule is CC1(C(=O)O)CCC2(C)CCC3(C)C(=CCC4C5(C=O)CCC(OC6OC(C(=O)O)C(O)C(O)C6OC6OC(C(=O)O)C(O)C(O)C6O)C(C)(C)C5CCC43C)C2C1. The van der Waals surface area contributed by atoms with Crippen molar-refractivity contribution in [3.05, 3.63) is 11.6 Å². The van der Waals surface area contributed by atoms with Gasteiger partial charge in [-0.1, -0.05) is 46.3 Å². The topological polar surface area (TPSA) is 267 Å². The van der Waals surface area contributed by atoms with Gasteiger partial charge in [-0.25, -0.2) is 9.59 Å². The highest BCUT2D eigenvalue weighted by molar-refractivity contribution is 5.75. The maximum Gasteiger partial charge on any atom is 0.335 e. The molecule has 0 spiro atoms. The first-order chi connectivity index (χ1) is 26.9. The zero-order valence-corrected chi connectivity index (χ0v) is 34.2. The lowest BCUT2D eigenvalue weighted by Crippen LogP contribution is -2.68. The highest BCUT2D eigenvalue weighted by atomic mass is 16.8. The van der Waals surface area contributed by atoms with Gasteiger partial charge in [0.05, 0.1) is 11.5 Å². The number of ether oxygens (including phenoxy) is 4. The number of carboxylic acids is 3. The summed E-state index contributed by atoms with van der Waals surface area (Å²) in [5.41, 5.74) is -1.50. The van der Waals surface area contributed by atoms with Gasteiger partial charge < -0.3 is 64.6 Å². The van der Waals surface area contributed by atoms with E-state index in [9.17, 15) is 60.0 Å². The smallest absolute Gasteiger partial charge is 0.335 e. The van der Waals surface area contributed by atoms with Crippen LogP contribution in [-0.4, -0.2) is 133 Å². The van der Waals surface area contributed by atoms with Crippen LogP contribution in [0.5, 0.6) is 0 Å². The average molecular weight is 823 g/mol. The highest BCUT2D eigenvalue weighted by Gasteiger charge is 2.70. The molecule has 0 bridgehead atoms. The first-order valence-corrected chi connectivity index (χ1v) is 20.8. The summed E-state index contributed by atoms with van der Waals surface area (Å²) in [5.74, 6) is -4.15. The van der Waals surface area contributed by atoms with Crippen molar-refractivity contribution in [2.75, 3.05) is 0 Å². The van der Waals surface area contributed by atoms with Crippen LogP contribution in [-0.2, 0) is 38.1 Å². The third-order valence-corrected chi connectivity index (χ3v) is 17.3. The van der Waals surface area contributed by atoms with Crippen molar-refractivity contribution >= 4 is 24.2 Å². The maximum atomic E-state index is 13.8. The molecule has 0 aromatic rings. The fraction of sp³-hybridized carbons (Fsp3) is 0.857. The van der Waals surface area contributed by atoms with Crippen LogP contribution in [0.1, 0.15) is 106 Å². The van der Waals surface area contributed by atoms with Crippen molar-refractivity contribution in [2.24, 2.45) is 50.2 Å². The summed E-state index contributed by atoms with van der Waals surface area (Å²) in [6, 6.07) is 0. The Labute approximate surface area is 337 Å². The van der Waals surface area contributed by atoms with Gasteiger partial charge in [-0.3, -0.25) is 4.79 Å². The average Bonchev–Trinajstić information content (AvgIpc) is 3.15. The molecule has 0 aromatic heterocycles. The Kier molecular flexibility index (Phi) is 10.9. The Balaban J connectivity index is 1.17. The van der Waals surface area contributed by atoms with Crippen molar-refractivity contribution in [3.8, 4) is 0 Å². The molecule has 0 radical (unpaired) electrons. The monoisotopic (exact) mass is 822 g/mol. The molecule has 58 heavy (non-hydrogen) atoms. The molecule has 6 fully saturated rings. The maximum absolute atomic E-state index is 13.8. The van der Waals surface area contributed by atoms with Gasteiger partial charge in [0.15, 0.2) is 24.8 Å². The van der Waals surface area contributed by atoms with E-state index in [1.165, 1.54) is 5.57 Å². The van der Waals surface area contributed by atoms with Gasteiger partial charge >= 0.3 is 17.9 Å². The van der Waals surface area contributed by atoms with Crippen LogP contribution in [0.3, 0.4) is 0 Å². The zero-order chi connectivity index (χ0) is 42.7. The molecule has 4 saturated carbocycles. The number of fused-ring (bicyclic) bond motifs is 7. The summed E-state index contributed by atoms with van der Waals surface area (Å²) in [4.78, 5) is 50.3. The van der Waals surface area contributed by atoms with Crippen LogP contribution in [0.15, 0.2) is 11.6 Å². The molecule has 2 aliphatic heterocycles. The summed E-state index contributed by atoms with van der Waals surface area (Å²) in [5, 5.41) is 83.0. The van der Waals surface area contributed by atoms with Gasteiger partial charge in [0.2, 0.25) is 0 Å². The van der Waals surface area contributed by atoms with Gasteiger partial charge in [0.1, 0.15) is 42.9 Å². The van der Waals surface area contributed by atoms with E-state index in [-0.39, 0.29) is 34.0 Å². The van der Waals surface area contributed by atoms with Crippen LogP contribution in [0.2, 0.25) is 0 Å². The minimum atomic E-state index is -2.05. The number of rotatable bonds is 8. The number of aliphatic hydroxyl groups excluding tert-OH is 5. The second kappa shape index (κ2) is 14.5. The molecule has 2 heterocycles. The van der Waals surface area contributed by atoms with Gasteiger partial charge in [0, 0.05) is 5.41 Å². The molecular weight excluding hydrogens is 760 g/mol. The summed E-state index contributed by atoms with van der Waals surface area (Å²) in [7, 11) is 0. The van der Waals surface area contributed by atoms with E-state index >= 15 is 0 Å². The predicted octanol–water partition coefficient (Wildman–Crippen LogP) is 2.25. The molecule has 0 amide bonds. The van der Waals surface area contributed by atoms with E-state index in [1.807, 2.05) is 20.8 Å². The minimum absolute atomic E-state index is 0.00664. The summed E-state index contributed by atoms with van der Waals surface area (Å²) in [6.07, 6.45) is -9.97. The first-order valence-electron chi connectivity index (χ1n) is 20.8. The number of aliphatic carboxylic acids is 3. The molecule has 19 unspecified atom stereocenters. The zero-order valence-electron chi connectivity index (χ0n) is 34.2. The normalized spacial score (nSPS) is 52.4. The van der Waals surface area contributed by atoms with E-state index in [1.54, 1.807) is 0 Å². The van der Waals surface area contributed by atoms with E-state index in [2.05, 4.69) is 26.8 Å². The Morgan fingerprint density at radius 1 is 0.707 bits per heavy atom. The molecule has 326 valence electrons. The van der Waals surface area contributed by atoms with Gasteiger partial charge in [-0.2, -0.15) is 0 Å². The molecule has 19 atom stereocenters. The van der Waals surface area contributed by atoms with Crippen molar-refractivity contribution in [2.45, 2.75) is 173 Å². The standard InChI is InChI=1S/C42H62O16/c1-37(2)21-9-11-41(6)22(8-7-19-20-17-39(4,36(53)54)14-13-38(20,3)15-16-40(19,41)5)42(21,18-43)12-10-23(37)55-35-31(27(47)26(46)30(57-35)33(51)52)58-34-28(48)24(44)25(45)29(56-34)32(49)50/h7,18,20-31,34-35,44-48H,8-17H2,1-6H3,(H,49,50)(H,51,52)(H,53,54). The van der Waals surface area contributed by atoms with Gasteiger partial charge in [0.25, 0.3) is 0 Å². The molecule has 8 N–H and O–H groups in total. The van der Waals surface area contributed by atoms with Crippen LogP contribution < -0.4 is 0 Å². The molecule has 16 heteroatoms. The Morgan fingerprint density at radius 3 is 1.91 bits per heavy atom. The second-order valence-corrected chi connectivity index (χ2v) is 20.4. The molecular formula is C42H62O16. The van der Waals surface area contributed by atoms with Gasteiger partial charge in [-0.15, -0.1) is 0 Å². The van der Waals surface area contributed by atoms with Crippen molar-refractivity contribution in [3.63, 3.8) is 0 Å². The molecule has 16 nitrogen and oxygen atoms in total. The molecule has 7 aliphatic rings. The van der Waals surface area contributed by atoms with Crippen LogP contribution in [0, 0.1) is 50.2 Å². The second-order valence-electron chi connectivity index (χ2n) is 20.4. The Morgan fingerprint density at radius 2 is 1.31 bits per heavy atom. The largest absolute Gasteiger partial charge is 0.481 e. The number of aldehydes is 1. The third-order valence-electron chi connectivity index (χ3n) is 17.3. The number of carbonyl (C=O) groups is 4. The predicted molar refractivity (Wildman–Crippen MR) is 199 cm³/mol. The lowest BCUT2D eigenvalue weighted by molar-refractivity contribution is -0.371. The van der Waals surface area contributed by atoms with Gasteiger partial charge in [-0.05, 0) is 111 Å². The summed E-state index contributed by atoms with van der Waals surface area (Å²) < 4.78 is 23.4. The number of allylic oxidation sites excluding steroid dienone is 2. The molecule has 2 saturated heterocycles.